The molecule has 18 nitrogen and oxygen atoms in total. The number of ether oxygens (including phenoxy) is 2. The molecule has 0 aliphatic carbocycles. The number of amides is 4. The van der Waals surface area contributed by atoms with Crippen molar-refractivity contribution in [1.29, 1.82) is 0 Å². The number of benzene rings is 5. The largest absolute Gasteiger partial charge is 0.388 e. The van der Waals surface area contributed by atoms with Crippen molar-refractivity contribution >= 4 is 52.7 Å². The lowest BCUT2D eigenvalue weighted by molar-refractivity contribution is -0.143. The quantitative estimate of drug-likeness (QED) is 0.0428. The molecule has 7 atom stereocenters. The SMILES string of the molecule is CC1COCCN1C.CN[C@@H](C)C(=O)NC(C(=O)N1Cc2ccccc2C1C(O)Nc1cc(C=O)ccc1F)C1CCOCC1.CNc1ccc(NC(=O)C2(C)CN(C(=O)CN3CCNC(C)C3)c3cc(Cc4ccc(F)cc4)ccc32)cc1. The molecule has 3 fully saturated rings. The van der Waals surface area contributed by atoms with Crippen molar-refractivity contribution in [3.63, 3.8) is 0 Å². The number of fused-ring (bicyclic) bond motifs is 2. The molecule has 20 heteroatoms. The second-order valence-corrected chi connectivity index (χ2v) is 22.7. The number of morpholine rings is 1. The molecule has 0 bridgehead atoms. The highest BCUT2D eigenvalue weighted by atomic mass is 19.1. The third kappa shape index (κ3) is 15.6. The molecular weight excluding hydrogens is 1070 g/mol. The first kappa shape index (κ1) is 62.9. The molecule has 5 aliphatic heterocycles. The third-order valence-electron chi connectivity index (χ3n) is 16.7. The Kier molecular flexibility index (Phi) is 21.8. The second kappa shape index (κ2) is 29.1. The van der Waals surface area contributed by atoms with Gasteiger partial charge in [0.1, 0.15) is 36.2 Å². The number of hydrogen-bond donors (Lipinski definition) is 7. The monoisotopic (exact) mass is 1160 g/mol. The van der Waals surface area contributed by atoms with Crippen molar-refractivity contribution in [2.45, 2.75) is 95.4 Å². The van der Waals surface area contributed by atoms with E-state index in [4.69, 9.17) is 9.47 Å². The Hall–Kier alpha value is -7.17. The van der Waals surface area contributed by atoms with E-state index >= 15 is 0 Å². The summed E-state index contributed by atoms with van der Waals surface area (Å²) in [7, 11) is 5.65. The van der Waals surface area contributed by atoms with Crippen molar-refractivity contribution in [3.8, 4) is 0 Å². The van der Waals surface area contributed by atoms with Gasteiger partial charge in [-0.25, -0.2) is 8.78 Å². The van der Waals surface area contributed by atoms with Crippen LogP contribution >= 0.6 is 0 Å². The molecule has 7 N–H and O–H groups in total. The van der Waals surface area contributed by atoms with E-state index < -0.39 is 35.6 Å². The van der Waals surface area contributed by atoms with E-state index in [-0.39, 0.29) is 59.7 Å². The van der Waals surface area contributed by atoms with Gasteiger partial charge in [-0.2, -0.15) is 0 Å². The molecule has 10 rings (SSSR count). The van der Waals surface area contributed by atoms with Gasteiger partial charge in [0.05, 0.1) is 36.9 Å². The molecule has 5 aromatic carbocycles. The van der Waals surface area contributed by atoms with Crippen LogP contribution in [0.25, 0.3) is 0 Å². The van der Waals surface area contributed by atoms with Crippen LogP contribution in [-0.2, 0) is 47.0 Å². The standard InChI is InChI=1S/C31H36FN5O2.C27H33FN4O5.C6H13NO/c1-21-18-36(15-14-34-21)19-29(38)37-20-31(2,30(39)35-26-11-9-25(33-3)10-12-26)27-13-6-23(17-28(27)37)16-22-4-7-24(32)8-5-22;1-16(29-2)25(34)31-23(18-9-11-37-12-10-18)27(36)32-14-19-5-3-4-6-20(19)24(32)26(35)30-22-13-17(15-33)7-8-21(22)28;1-6-5-8-4-3-7(6)2/h4-13,17,21,33-34H,14-16,18-20H2,1-3H3,(H,35,39);3-8,13,15-16,18,23-24,26,29-30,35H,9-12,14H2,1-2H3,(H,31,34);6H,3-5H2,1-2H3/t;16-,23?,24?,26?;/m.0./s1. The van der Waals surface area contributed by atoms with Gasteiger partial charge in [0, 0.05) is 94.2 Å². The van der Waals surface area contributed by atoms with E-state index in [0.29, 0.717) is 63.1 Å². The van der Waals surface area contributed by atoms with Crippen LogP contribution in [0, 0.1) is 17.6 Å². The maximum atomic E-state index is 14.5. The van der Waals surface area contributed by atoms with E-state index in [2.05, 4.69) is 62.6 Å². The van der Waals surface area contributed by atoms with Gasteiger partial charge >= 0.3 is 0 Å². The van der Waals surface area contributed by atoms with Gasteiger partial charge in [-0.05, 0) is 155 Å². The summed E-state index contributed by atoms with van der Waals surface area (Å²) in [5.41, 5.74) is 6.09. The van der Waals surface area contributed by atoms with Crippen molar-refractivity contribution in [1.82, 2.24) is 30.7 Å². The van der Waals surface area contributed by atoms with E-state index in [1.165, 1.54) is 29.2 Å². The summed E-state index contributed by atoms with van der Waals surface area (Å²) in [5.74, 6) is -1.83. The molecule has 0 aromatic heterocycles. The van der Waals surface area contributed by atoms with Crippen LogP contribution in [0.2, 0.25) is 0 Å². The van der Waals surface area contributed by atoms with Gasteiger partial charge in [0.2, 0.25) is 23.6 Å². The Bertz CT molecular complexity index is 3050. The number of aliphatic hydroxyl groups excluding tert-OH is 1. The molecule has 84 heavy (non-hydrogen) atoms. The fraction of sp³-hybridized carbons (Fsp3) is 0.453. The zero-order chi connectivity index (χ0) is 60.1. The molecule has 4 amide bonds. The molecule has 5 aliphatic rings. The smallest absolute Gasteiger partial charge is 0.246 e. The summed E-state index contributed by atoms with van der Waals surface area (Å²) in [4.78, 5) is 73.3. The number of piperazine rings is 1. The maximum Gasteiger partial charge on any atom is 0.246 e. The van der Waals surface area contributed by atoms with Crippen LogP contribution in [0.5, 0.6) is 0 Å². The van der Waals surface area contributed by atoms with Crippen molar-refractivity contribution in [2.24, 2.45) is 5.92 Å². The zero-order valence-electron chi connectivity index (χ0n) is 49.3. The van der Waals surface area contributed by atoms with Gasteiger partial charge in [-0.1, -0.05) is 48.5 Å². The van der Waals surface area contributed by atoms with Crippen molar-refractivity contribution < 1.29 is 47.3 Å². The topological polar surface area (TPSA) is 209 Å². The highest BCUT2D eigenvalue weighted by Crippen LogP contribution is 2.43. The van der Waals surface area contributed by atoms with Gasteiger partial charge in [-0.15, -0.1) is 0 Å². The van der Waals surface area contributed by atoms with E-state index in [1.54, 1.807) is 31.0 Å². The number of carbonyl (C=O) groups excluding carboxylic acids is 5. The summed E-state index contributed by atoms with van der Waals surface area (Å²) in [5, 5.41) is 29.4. The summed E-state index contributed by atoms with van der Waals surface area (Å²) in [6, 6.07) is 29.9. The average molecular weight is 1160 g/mol. The lowest BCUT2D eigenvalue weighted by Crippen LogP contribution is -2.56. The zero-order valence-corrected chi connectivity index (χ0v) is 49.3. The number of carbonyl (C=O) groups is 5. The molecule has 5 aromatic rings. The third-order valence-corrected chi connectivity index (χ3v) is 16.7. The normalized spacial score (nSPS) is 21.7. The minimum atomic E-state index is -1.38. The maximum absolute atomic E-state index is 14.5. The number of aliphatic hydroxyl groups is 1. The Morgan fingerprint density at radius 2 is 1.58 bits per heavy atom. The lowest BCUT2D eigenvalue weighted by Gasteiger charge is -2.37. The Morgan fingerprint density at radius 1 is 0.869 bits per heavy atom. The number of hydrogen-bond acceptors (Lipinski definition) is 14. The van der Waals surface area contributed by atoms with E-state index in [0.717, 1.165) is 84.7 Å². The molecule has 3 saturated heterocycles. The van der Waals surface area contributed by atoms with E-state index in [1.807, 2.05) is 80.7 Å². The first-order chi connectivity index (χ1) is 40.4. The number of halogens is 2. The van der Waals surface area contributed by atoms with Crippen LogP contribution in [0.1, 0.15) is 84.8 Å². The Balaban J connectivity index is 0.000000193. The van der Waals surface area contributed by atoms with E-state index in [9.17, 15) is 37.9 Å². The highest BCUT2D eigenvalue weighted by Gasteiger charge is 2.48. The van der Waals surface area contributed by atoms with Crippen LogP contribution in [-0.4, -0.2) is 167 Å². The van der Waals surface area contributed by atoms with Gasteiger partial charge in [-0.3, -0.25) is 33.8 Å². The molecule has 0 saturated carbocycles. The number of anilines is 4. The molecule has 0 radical (unpaired) electrons. The number of rotatable bonds is 16. The Morgan fingerprint density at radius 3 is 2.25 bits per heavy atom. The average Bonchev–Trinajstić information content (AvgIpc) is 4.23. The number of nitrogens with zero attached hydrogens (tertiary/aromatic N) is 4. The van der Waals surface area contributed by atoms with Crippen LogP contribution < -0.4 is 36.8 Å². The number of likely N-dealkylation sites (N-methyl/N-ethyl adjacent to an activating group) is 2. The van der Waals surface area contributed by atoms with Gasteiger partial charge in [0.25, 0.3) is 0 Å². The predicted molar refractivity (Wildman–Crippen MR) is 322 cm³/mol. The fourth-order valence-corrected chi connectivity index (χ4v) is 11.3. The Labute approximate surface area is 492 Å². The molecule has 0 spiro atoms. The summed E-state index contributed by atoms with van der Waals surface area (Å²) in [6.07, 6.45) is 1.03. The lowest BCUT2D eigenvalue weighted by atomic mass is 9.83. The summed E-state index contributed by atoms with van der Waals surface area (Å²) >= 11 is 0. The minimum Gasteiger partial charge on any atom is -0.388 e. The van der Waals surface area contributed by atoms with Crippen molar-refractivity contribution in [3.05, 3.63) is 154 Å². The highest BCUT2D eigenvalue weighted by molar-refractivity contribution is 6.07. The molecule has 450 valence electrons. The van der Waals surface area contributed by atoms with Crippen LogP contribution in [0.15, 0.2) is 109 Å². The van der Waals surface area contributed by atoms with Crippen LogP contribution in [0.4, 0.5) is 31.5 Å². The molecule has 6 unspecified atom stereocenters. The van der Waals surface area contributed by atoms with Gasteiger partial charge in [0.15, 0.2) is 0 Å². The van der Waals surface area contributed by atoms with Crippen LogP contribution in [0.3, 0.4) is 0 Å². The number of nitrogens with one attached hydrogen (secondary N) is 6. The van der Waals surface area contributed by atoms with Crippen molar-refractivity contribution in [2.75, 3.05) is 108 Å². The second-order valence-electron chi connectivity index (χ2n) is 22.7. The molecule has 5 heterocycles. The fourth-order valence-electron chi connectivity index (χ4n) is 11.3. The first-order valence-corrected chi connectivity index (χ1v) is 29.0. The molecular formula is C64H82F2N10O8. The number of aldehydes is 1. The van der Waals surface area contributed by atoms with Gasteiger partial charge < -0.3 is 56.3 Å². The minimum absolute atomic E-state index is 0.0146. The first-order valence-electron chi connectivity index (χ1n) is 29.0. The summed E-state index contributed by atoms with van der Waals surface area (Å²) in [6.45, 7) is 15.0. The summed E-state index contributed by atoms with van der Waals surface area (Å²) < 4.78 is 38.6. The predicted octanol–water partition coefficient (Wildman–Crippen LogP) is 6.30.